The standard InChI is InChI=1S/C13H18Cl2O/c1-10-8-12(15)9-11(2)13(10)16-7-5-3-4-6-14/h8-9H,3-7H2,1-2H3. The van der Waals surface area contributed by atoms with E-state index in [0.29, 0.717) is 0 Å². The smallest absolute Gasteiger partial charge is 0.125 e. The van der Waals surface area contributed by atoms with Crippen LogP contribution in [-0.2, 0) is 0 Å². The third kappa shape index (κ3) is 4.23. The topological polar surface area (TPSA) is 9.23 Å². The van der Waals surface area contributed by atoms with E-state index in [1.165, 1.54) is 0 Å². The number of alkyl halides is 1. The van der Waals surface area contributed by atoms with Crippen molar-refractivity contribution in [2.45, 2.75) is 33.1 Å². The molecule has 1 aromatic rings. The molecular weight excluding hydrogens is 243 g/mol. The molecule has 0 aromatic heterocycles. The van der Waals surface area contributed by atoms with Gasteiger partial charge >= 0.3 is 0 Å². The number of benzene rings is 1. The van der Waals surface area contributed by atoms with Gasteiger partial charge in [-0.25, -0.2) is 0 Å². The van der Waals surface area contributed by atoms with Crippen molar-refractivity contribution in [2.24, 2.45) is 0 Å². The van der Waals surface area contributed by atoms with Crippen LogP contribution in [0.2, 0.25) is 5.02 Å². The molecule has 0 heterocycles. The molecular formula is C13H18Cl2O. The van der Waals surface area contributed by atoms with Gasteiger partial charge in [0.15, 0.2) is 0 Å². The largest absolute Gasteiger partial charge is 0.493 e. The van der Waals surface area contributed by atoms with Gasteiger partial charge in [-0.05, 0) is 56.4 Å². The molecule has 0 aliphatic rings. The number of halogens is 2. The first-order chi connectivity index (χ1) is 7.65. The molecule has 0 spiro atoms. The Bertz CT molecular complexity index is 314. The molecule has 0 bridgehead atoms. The van der Waals surface area contributed by atoms with Crippen LogP contribution in [0, 0.1) is 13.8 Å². The summed E-state index contributed by atoms with van der Waals surface area (Å²) in [7, 11) is 0. The van der Waals surface area contributed by atoms with E-state index in [4.69, 9.17) is 27.9 Å². The van der Waals surface area contributed by atoms with E-state index >= 15 is 0 Å². The van der Waals surface area contributed by atoms with Gasteiger partial charge in [0.1, 0.15) is 5.75 Å². The zero-order chi connectivity index (χ0) is 12.0. The van der Waals surface area contributed by atoms with Crippen molar-refractivity contribution in [2.75, 3.05) is 12.5 Å². The predicted octanol–water partition coefficient (Wildman–Crippen LogP) is 4.74. The van der Waals surface area contributed by atoms with Crippen LogP contribution in [0.1, 0.15) is 30.4 Å². The second-order valence-electron chi connectivity index (χ2n) is 3.97. The average molecular weight is 261 g/mol. The summed E-state index contributed by atoms with van der Waals surface area (Å²) < 4.78 is 5.77. The maximum atomic E-state index is 5.95. The van der Waals surface area contributed by atoms with Gasteiger partial charge < -0.3 is 4.74 Å². The molecule has 0 amide bonds. The maximum absolute atomic E-state index is 5.95. The van der Waals surface area contributed by atoms with E-state index in [1.807, 2.05) is 26.0 Å². The van der Waals surface area contributed by atoms with Gasteiger partial charge in [-0.3, -0.25) is 0 Å². The van der Waals surface area contributed by atoms with Gasteiger partial charge in [-0.15, -0.1) is 11.6 Å². The van der Waals surface area contributed by atoms with Crippen molar-refractivity contribution in [3.05, 3.63) is 28.3 Å². The van der Waals surface area contributed by atoms with Crippen LogP contribution in [0.4, 0.5) is 0 Å². The highest BCUT2D eigenvalue weighted by molar-refractivity contribution is 6.30. The highest BCUT2D eigenvalue weighted by atomic mass is 35.5. The van der Waals surface area contributed by atoms with Gasteiger partial charge in [-0.1, -0.05) is 11.6 Å². The Kier molecular flexibility index (Phi) is 6.00. The summed E-state index contributed by atoms with van der Waals surface area (Å²) in [6, 6.07) is 3.87. The Morgan fingerprint density at radius 1 is 1.06 bits per heavy atom. The van der Waals surface area contributed by atoms with Crippen LogP contribution in [0.3, 0.4) is 0 Å². The Morgan fingerprint density at radius 2 is 1.69 bits per heavy atom. The molecule has 0 saturated heterocycles. The summed E-state index contributed by atoms with van der Waals surface area (Å²) in [4.78, 5) is 0. The summed E-state index contributed by atoms with van der Waals surface area (Å²) in [6.45, 7) is 4.79. The highest BCUT2D eigenvalue weighted by Gasteiger charge is 2.05. The Morgan fingerprint density at radius 3 is 2.25 bits per heavy atom. The molecule has 0 fully saturated rings. The van der Waals surface area contributed by atoms with E-state index in [0.717, 1.165) is 53.6 Å². The van der Waals surface area contributed by atoms with Crippen molar-refractivity contribution in [1.82, 2.24) is 0 Å². The molecule has 0 radical (unpaired) electrons. The minimum absolute atomic E-state index is 0.735. The summed E-state index contributed by atoms with van der Waals surface area (Å²) in [5, 5.41) is 0.768. The number of aryl methyl sites for hydroxylation is 2. The lowest BCUT2D eigenvalue weighted by Crippen LogP contribution is -2.00. The molecule has 0 aliphatic heterocycles. The minimum Gasteiger partial charge on any atom is -0.493 e. The van der Waals surface area contributed by atoms with Crippen molar-refractivity contribution in [3.63, 3.8) is 0 Å². The highest BCUT2D eigenvalue weighted by Crippen LogP contribution is 2.27. The third-order valence-corrected chi connectivity index (χ3v) is 2.93. The van der Waals surface area contributed by atoms with Gasteiger partial charge in [-0.2, -0.15) is 0 Å². The molecule has 1 rings (SSSR count). The molecule has 16 heavy (non-hydrogen) atoms. The fraction of sp³-hybridized carbons (Fsp3) is 0.538. The predicted molar refractivity (Wildman–Crippen MR) is 71.0 cm³/mol. The Balaban J connectivity index is 2.47. The molecule has 0 aliphatic carbocycles. The van der Waals surface area contributed by atoms with E-state index in [-0.39, 0.29) is 0 Å². The summed E-state index contributed by atoms with van der Waals surface area (Å²) >= 11 is 11.6. The molecule has 1 aromatic carbocycles. The number of hydrogen-bond donors (Lipinski definition) is 0. The molecule has 0 N–H and O–H groups in total. The normalized spacial score (nSPS) is 10.5. The molecule has 0 atom stereocenters. The van der Waals surface area contributed by atoms with Crippen LogP contribution in [0.25, 0.3) is 0 Å². The minimum atomic E-state index is 0.735. The summed E-state index contributed by atoms with van der Waals surface area (Å²) in [6.07, 6.45) is 3.23. The molecule has 3 heteroatoms. The fourth-order valence-electron chi connectivity index (χ4n) is 1.67. The second-order valence-corrected chi connectivity index (χ2v) is 4.78. The van der Waals surface area contributed by atoms with Crippen LogP contribution in [-0.4, -0.2) is 12.5 Å². The first-order valence-corrected chi connectivity index (χ1v) is 6.52. The van der Waals surface area contributed by atoms with E-state index in [1.54, 1.807) is 0 Å². The van der Waals surface area contributed by atoms with Gasteiger partial charge in [0.25, 0.3) is 0 Å². The first-order valence-electron chi connectivity index (χ1n) is 5.60. The Labute approximate surface area is 108 Å². The van der Waals surface area contributed by atoms with Crippen molar-refractivity contribution < 1.29 is 4.74 Å². The zero-order valence-electron chi connectivity index (χ0n) is 9.85. The van der Waals surface area contributed by atoms with E-state index in [9.17, 15) is 0 Å². The second kappa shape index (κ2) is 7.03. The van der Waals surface area contributed by atoms with Crippen LogP contribution < -0.4 is 4.74 Å². The maximum Gasteiger partial charge on any atom is 0.125 e. The van der Waals surface area contributed by atoms with E-state index in [2.05, 4.69) is 0 Å². The Hall–Kier alpha value is -0.400. The van der Waals surface area contributed by atoms with Crippen LogP contribution in [0.5, 0.6) is 5.75 Å². The fourth-order valence-corrected chi connectivity index (χ4v) is 2.19. The molecule has 90 valence electrons. The van der Waals surface area contributed by atoms with Crippen LogP contribution >= 0.6 is 23.2 Å². The first kappa shape index (κ1) is 13.7. The van der Waals surface area contributed by atoms with Gasteiger partial charge in [0.2, 0.25) is 0 Å². The number of ether oxygens (including phenoxy) is 1. The number of hydrogen-bond acceptors (Lipinski definition) is 1. The molecule has 1 nitrogen and oxygen atoms in total. The van der Waals surface area contributed by atoms with E-state index < -0.39 is 0 Å². The lowest BCUT2D eigenvalue weighted by molar-refractivity contribution is 0.302. The summed E-state index contributed by atoms with van der Waals surface area (Å²) in [5.41, 5.74) is 2.20. The van der Waals surface area contributed by atoms with Crippen molar-refractivity contribution >= 4 is 23.2 Å². The monoisotopic (exact) mass is 260 g/mol. The lowest BCUT2D eigenvalue weighted by Gasteiger charge is -2.12. The van der Waals surface area contributed by atoms with Crippen molar-refractivity contribution in [1.29, 1.82) is 0 Å². The third-order valence-electron chi connectivity index (χ3n) is 2.45. The van der Waals surface area contributed by atoms with Crippen LogP contribution in [0.15, 0.2) is 12.1 Å². The summed E-state index contributed by atoms with van der Waals surface area (Å²) in [5.74, 6) is 1.70. The number of unbranched alkanes of at least 4 members (excludes halogenated alkanes) is 2. The molecule has 0 saturated carbocycles. The SMILES string of the molecule is Cc1cc(Cl)cc(C)c1OCCCCCCl. The average Bonchev–Trinajstić information content (AvgIpc) is 2.20. The quantitative estimate of drug-likeness (QED) is 0.530. The molecule has 0 unspecified atom stereocenters. The zero-order valence-corrected chi connectivity index (χ0v) is 11.4. The lowest BCUT2D eigenvalue weighted by atomic mass is 10.1. The van der Waals surface area contributed by atoms with Gasteiger partial charge in [0, 0.05) is 10.9 Å². The van der Waals surface area contributed by atoms with Gasteiger partial charge in [0.05, 0.1) is 6.61 Å². The van der Waals surface area contributed by atoms with Crippen molar-refractivity contribution in [3.8, 4) is 5.75 Å². The number of rotatable bonds is 6.